The molecule has 0 radical (unpaired) electrons. The van der Waals surface area contributed by atoms with Crippen LogP contribution in [0.1, 0.15) is 23.0 Å². The Bertz CT molecular complexity index is 1160. The Kier molecular flexibility index (Phi) is 4.44. The SMILES string of the molecule is N#CC1=C(N)Oc2c(oc(CO)cc2=O)C1c1ccc(-c2ccccc2)cc1. The molecule has 28 heavy (non-hydrogen) atoms. The van der Waals surface area contributed by atoms with Gasteiger partial charge in [-0.1, -0.05) is 54.6 Å². The molecule has 4 rings (SSSR count). The van der Waals surface area contributed by atoms with Crippen LogP contribution in [0.2, 0.25) is 0 Å². The maximum atomic E-state index is 12.3. The topological polar surface area (TPSA) is 109 Å². The van der Waals surface area contributed by atoms with Gasteiger partial charge in [0, 0.05) is 6.07 Å². The highest BCUT2D eigenvalue weighted by Crippen LogP contribution is 2.41. The standard InChI is InChI=1S/C22H16N2O4/c23-11-17-19(15-8-6-14(7-9-15)13-4-2-1-3-5-13)21-20(28-22(17)24)18(26)10-16(12-25)27-21/h1-10,19,25H,12,24H2. The monoisotopic (exact) mass is 372 g/mol. The van der Waals surface area contributed by atoms with Crippen molar-refractivity contribution in [3.8, 4) is 22.9 Å². The summed E-state index contributed by atoms with van der Waals surface area (Å²) < 4.78 is 11.0. The van der Waals surface area contributed by atoms with Gasteiger partial charge in [0.25, 0.3) is 0 Å². The lowest BCUT2D eigenvalue weighted by atomic mass is 9.86. The summed E-state index contributed by atoms with van der Waals surface area (Å²) in [6.45, 7) is -0.441. The van der Waals surface area contributed by atoms with E-state index in [-0.39, 0.29) is 28.7 Å². The second kappa shape index (κ2) is 7.06. The van der Waals surface area contributed by atoms with E-state index in [9.17, 15) is 15.2 Å². The number of aliphatic hydroxyl groups excluding tert-OH is 1. The summed E-state index contributed by atoms with van der Waals surface area (Å²) in [6, 6.07) is 20.7. The second-order valence-corrected chi connectivity index (χ2v) is 6.34. The highest BCUT2D eigenvalue weighted by atomic mass is 16.5. The molecule has 1 aliphatic heterocycles. The predicted molar refractivity (Wildman–Crippen MR) is 102 cm³/mol. The molecule has 0 amide bonds. The van der Waals surface area contributed by atoms with Crippen molar-refractivity contribution in [1.82, 2.24) is 0 Å². The Balaban J connectivity index is 1.85. The number of benzene rings is 2. The van der Waals surface area contributed by atoms with Crippen molar-refractivity contribution < 1.29 is 14.3 Å². The summed E-state index contributed by atoms with van der Waals surface area (Å²) >= 11 is 0. The highest BCUT2D eigenvalue weighted by molar-refractivity contribution is 5.64. The minimum absolute atomic E-state index is 0.0640. The number of aliphatic hydroxyl groups is 1. The number of allylic oxidation sites excluding steroid dienone is 1. The molecule has 0 aliphatic carbocycles. The number of nitrogens with two attached hydrogens (primary N) is 1. The zero-order valence-electron chi connectivity index (χ0n) is 14.8. The van der Waals surface area contributed by atoms with E-state index in [1.165, 1.54) is 0 Å². The molecule has 0 bridgehead atoms. The number of rotatable bonds is 3. The number of nitrogens with zero attached hydrogens (tertiary/aromatic N) is 1. The summed E-state index contributed by atoms with van der Waals surface area (Å²) in [6.07, 6.45) is 0. The fourth-order valence-corrected chi connectivity index (χ4v) is 3.29. The maximum Gasteiger partial charge on any atom is 0.228 e. The van der Waals surface area contributed by atoms with E-state index in [1.807, 2.05) is 54.6 Å². The van der Waals surface area contributed by atoms with Gasteiger partial charge in [0.1, 0.15) is 24.0 Å². The average molecular weight is 372 g/mol. The van der Waals surface area contributed by atoms with Gasteiger partial charge in [-0.2, -0.15) is 5.26 Å². The molecule has 1 aromatic heterocycles. The quantitative estimate of drug-likeness (QED) is 0.731. The summed E-state index contributed by atoms with van der Waals surface area (Å²) in [7, 11) is 0. The van der Waals surface area contributed by atoms with Crippen LogP contribution >= 0.6 is 0 Å². The van der Waals surface area contributed by atoms with Crippen LogP contribution in [0, 0.1) is 11.3 Å². The first-order valence-corrected chi connectivity index (χ1v) is 8.63. The summed E-state index contributed by atoms with van der Waals surface area (Å²) in [5.41, 5.74) is 8.38. The van der Waals surface area contributed by atoms with Crippen LogP contribution in [0.4, 0.5) is 0 Å². The van der Waals surface area contributed by atoms with E-state index >= 15 is 0 Å². The van der Waals surface area contributed by atoms with Gasteiger partial charge >= 0.3 is 0 Å². The van der Waals surface area contributed by atoms with E-state index in [1.54, 1.807) is 0 Å². The molecule has 0 spiro atoms. The molecule has 0 fully saturated rings. The molecule has 6 heteroatoms. The Morgan fingerprint density at radius 2 is 1.75 bits per heavy atom. The Morgan fingerprint density at radius 1 is 1.07 bits per heavy atom. The number of nitriles is 1. The van der Waals surface area contributed by atoms with Gasteiger partial charge < -0.3 is 20.0 Å². The van der Waals surface area contributed by atoms with E-state index in [0.717, 1.165) is 22.8 Å². The summed E-state index contributed by atoms with van der Waals surface area (Å²) in [5.74, 6) is -0.634. The van der Waals surface area contributed by atoms with Crippen LogP contribution in [0.5, 0.6) is 5.75 Å². The third kappa shape index (κ3) is 2.94. The molecule has 6 nitrogen and oxygen atoms in total. The fourth-order valence-electron chi connectivity index (χ4n) is 3.29. The molecule has 3 aromatic rings. The van der Waals surface area contributed by atoms with Crippen LogP contribution in [0.25, 0.3) is 11.1 Å². The summed E-state index contributed by atoms with van der Waals surface area (Å²) in [4.78, 5) is 12.3. The Morgan fingerprint density at radius 3 is 2.39 bits per heavy atom. The second-order valence-electron chi connectivity index (χ2n) is 6.34. The van der Waals surface area contributed by atoms with Crippen molar-refractivity contribution >= 4 is 0 Å². The molecular weight excluding hydrogens is 356 g/mol. The van der Waals surface area contributed by atoms with Gasteiger partial charge in [-0.15, -0.1) is 0 Å². The van der Waals surface area contributed by atoms with Crippen molar-refractivity contribution in [1.29, 1.82) is 5.26 Å². The molecule has 3 N–H and O–H groups in total. The fraction of sp³-hybridized carbons (Fsp3) is 0.0909. The molecule has 1 unspecified atom stereocenters. The normalized spacial score (nSPS) is 15.5. The van der Waals surface area contributed by atoms with Crippen LogP contribution in [0.3, 0.4) is 0 Å². The van der Waals surface area contributed by atoms with Crippen LogP contribution in [0.15, 0.2) is 81.3 Å². The van der Waals surface area contributed by atoms with Gasteiger partial charge in [0.15, 0.2) is 5.76 Å². The third-order valence-electron chi connectivity index (χ3n) is 4.64. The number of fused-ring (bicyclic) bond motifs is 1. The number of ether oxygens (including phenoxy) is 1. The minimum Gasteiger partial charge on any atom is -0.458 e. The molecule has 0 saturated carbocycles. The maximum absolute atomic E-state index is 12.3. The molecular formula is C22H16N2O4. The zero-order chi connectivity index (χ0) is 19.7. The van der Waals surface area contributed by atoms with Crippen molar-refractivity contribution in [2.45, 2.75) is 12.5 Å². The van der Waals surface area contributed by atoms with Crippen molar-refractivity contribution in [3.63, 3.8) is 0 Å². The van der Waals surface area contributed by atoms with E-state index in [4.69, 9.17) is 14.9 Å². The molecule has 1 aliphatic rings. The first kappa shape index (κ1) is 17.6. The van der Waals surface area contributed by atoms with Crippen molar-refractivity contribution in [3.05, 3.63) is 99.4 Å². The van der Waals surface area contributed by atoms with Gasteiger partial charge in [-0.05, 0) is 16.7 Å². The lowest BCUT2D eigenvalue weighted by molar-refractivity contribution is 0.231. The average Bonchev–Trinajstić information content (AvgIpc) is 2.74. The lowest BCUT2D eigenvalue weighted by Gasteiger charge is -2.24. The van der Waals surface area contributed by atoms with Crippen molar-refractivity contribution in [2.75, 3.05) is 0 Å². The van der Waals surface area contributed by atoms with Crippen molar-refractivity contribution in [2.24, 2.45) is 5.73 Å². The molecule has 1 atom stereocenters. The lowest BCUT2D eigenvalue weighted by Crippen LogP contribution is -2.25. The zero-order valence-corrected chi connectivity index (χ0v) is 14.8. The molecule has 2 heterocycles. The molecule has 138 valence electrons. The predicted octanol–water partition coefficient (Wildman–Crippen LogP) is 3.02. The number of hydrogen-bond donors (Lipinski definition) is 2. The van der Waals surface area contributed by atoms with Gasteiger partial charge in [0.2, 0.25) is 17.1 Å². The smallest absolute Gasteiger partial charge is 0.228 e. The van der Waals surface area contributed by atoms with Gasteiger partial charge in [-0.25, -0.2) is 0 Å². The van der Waals surface area contributed by atoms with Crippen LogP contribution < -0.4 is 15.9 Å². The van der Waals surface area contributed by atoms with Crippen LogP contribution in [-0.4, -0.2) is 5.11 Å². The minimum atomic E-state index is -0.697. The summed E-state index contributed by atoms with van der Waals surface area (Å²) in [5, 5.41) is 19.0. The van der Waals surface area contributed by atoms with Crippen LogP contribution in [-0.2, 0) is 6.61 Å². The number of hydrogen-bond acceptors (Lipinski definition) is 6. The first-order chi connectivity index (χ1) is 13.6. The van der Waals surface area contributed by atoms with Gasteiger partial charge in [0.05, 0.1) is 5.92 Å². The third-order valence-corrected chi connectivity index (χ3v) is 4.64. The highest BCUT2D eigenvalue weighted by Gasteiger charge is 2.35. The molecule has 0 saturated heterocycles. The van der Waals surface area contributed by atoms with E-state index in [0.29, 0.717) is 0 Å². The first-order valence-electron chi connectivity index (χ1n) is 8.63. The largest absolute Gasteiger partial charge is 0.458 e. The van der Waals surface area contributed by atoms with E-state index < -0.39 is 18.0 Å². The van der Waals surface area contributed by atoms with E-state index in [2.05, 4.69) is 6.07 Å². The Labute approximate surface area is 160 Å². The van der Waals surface area contributed by atoms with Gasteiger partial charge in [-0.3, -0.25) is 4.79 Å². The molecule has 2 aromatic carbocycles. The Hall–Kier alpha value is -3.82.